The van der Waals surface area contributed by atoms with Crippen molar-refractivity contribution < 1.29 is 4.74 Å². The number of pyridine rings is 1. The van der Waals surface area contributed by atoms with Crippen LogP contribution >= 0.6 is 0 Å². The zero-order chi connectivity index (χ0) is 15.1. The third-order valence-corrected chi connectivity index (χ3v) is 4.87. The molecule has 0 aliphatic carbocycles. The maximum atomic E-state index is 6.23. The summed E-state index contributed by atoms with van der Waals surface area (Å²) in [6.45, 7) is 7.72. The molecule has 2 aromatic rings. The van der Waals surface area contributed by atoms with Gasteiger partial charge in [0, 0.05) is 31.1 Å². The normalized spacial score (nSPS) is 23.2. The van der Waals surface area contributed by atoms with Gasteiger partial charge in [0.2, 0.25) is 0 Å². The molecular weight excluding hydrogens is 272 g/mol. The van der Waals surface area contributed by atoms with Crippen molar-refractivity contribution in [3.63, 3.8) is 0 Å². The van der Waals surface area contributed by atoms with Gasteiger partial charge in [0.05, 0.1) is 5.69 Å². The van der Waals surface area contributed by atoms with Gasteiger partial charge in [-0.2, -0.15) is 0 Å². The third-order valence-electron chi connectivity index (χ3n) is 4.87. The summed E-state index contributed by atoms with van der Waals surface area (Å²) in [7, 11) is 0. The van der Waals surface area contributed by atoms with E-state index in [1.54, 1.807) is 0 Å². The smallest absolute Gasteiger partial charge is 0.149 e. The average Bonchev–Trinajstić information content (AvgIpc) is 2.87. The second-order valence-electron chi connectivity index (χ2n) is 6.50. The van der Waals surface area contributed by atoms with Gasteiger partial charge in [-0.15, -0.1) is 0 Å². The van der Waals surface area contributed by atoms with E-state index in [-0.39, 0.29) is 0 Å². The summed E-state index contributed by atoms with van der Waals surface area (Å²) < 4.78 is 6.23. The van der Waals surface area contributed by atoms with Gasteiger partial charge >= 0.3 is 0 Å². The lowest BCUT2D eigenvalue weighted by Gasteiger charge is -2.17. The Morgan fingerprint density at radius 1 is 1.18 bits per heavy atom. The van der Waals surface area contributed by atoms with Crippen LogP contribution in [0.5, 0.6) is 11.5 Å². The quantitative estimate of drug-likeness (QED) is 0.834. The van der Waals surface area contributed by atoms with Gasteiger partial charge in [0.25, 0.3) is 0 Å². The maximum absolute atomic E-state index is 6.23. The molecule has 0 radical (unpaired) electrons. The van der Waals surface area contributed by atoms with Crippen molar-refractivity contribution in [1.29, 1.82) is 0 Å². The minimum atomic E-state index is 0.437. The molecule has 114 valence electrons. The Hall–Kier alpha value is -1.87. The Balaban J connectivity index is 1.84. The molecule has 0 N–H and O–H groups in total. The van der Waals surface area contributed by atoms with Crippen LogP contribution in [0, 0.1) is 6.92 Å². The number of ether oxygens (including phenoxy) is 1. The van der Waals surface area contributed by atoms with Crippen LogP contribution in [0.15, 0.2) is 36.5 Å². The Kier molecular flexibility index (Phi) is 3.38. The van der Waals surface area contributed by atoms with Crippen molar-refractivity contribution >= 4 is 0 Å². The van der Waals surface area contributed by atoms with Crippen LogP contribution in [0.1, 0.15) is 42.0 Å². The molecule has 0 amide bonds. The van der Waals surface area contributed by atoms with Crippen LogP contribution in [0.25, 0.3) is 0 Å². The van der Waals surface area contributed by atoms with Gasteiger partial charge < -0.3 is 9.64 Å². The number of nitrogens with zero attached hydrogens (tertiary/aromatic N) is 2. The summed E-state index contributed by atoms with van der Waals surface area (Å²) >= 11 is 0. The van der Waals surface area contributed by atoms with E-state index in [0.29, 0.717) is 11.8 Å². The number of aryl methyl sites for hydroxylation is 1. The number of hydrogen-bond donors (Lipinski definition) is 0. The number of fused-ring (bicyclic) bond motifs is 5. The summed E-state index contributed by atoms with van der Waals surface area (Å²) in [4.78, 5) is 7.24. The summed E-state index contributed by atoms with van der Waals surface area (Å²) in [5.41, 5.74) is 3.71. The van der Waals surface area contributed by atoms with Crippen LogP contribution < -0.4 is 4.74 Å². The minimum absolute atomic E-state index is 0.437. The molecule has 2 aliphatic heterocycles. The summed E-state index contributed by atoms with van der Waals surface area (Å²) in [6.07, 6.45) is 3.09. The van der Waals surface area contributed by atoms with E-state index in [1.165, 1.54) is 17.5 Å². The Bertz CT molecular complexity index is 698. The first-order valence-electron chi connectivity index (χ1n) is 8.22. The molecule has 1 aromatic carbocycles. The molecule has 0 saturated carbocycles. The van der Waals surface area contributed by atoms with Crippen molar-refractivity contribution in [2.45, 2.75) is 32.1 Å². The number of benzene rings is 1. The second kappa shape index (κ2) is 5.40. The first-order chi connectivity index (χ1) is 10.8. The number of aromatic nitrogens is 1. The topological polar surface area (TPSA) is 25.4 Å². The van der Waals surface area contributed by atoms with E-state index in [0.717, 1.165) is 36.8 Å². The molecule has 22 heavy (non-hydrogen) atoms. The van der Waals surface area contributed by atoms with Crippen molar-refractivity contribution in [2.75, 3.05) is 19.6 Å². The van der Waals surface area contributed by atoms with E-state index >= 15 is 0 Å². The largest absolute Gasteiger partial charge is 0.455 e. The monoisotopic (exact) mass is 294 g/mol. The van der Waals surface area contributed by atoms with Crippen LogP contribution in [0.3, 0.4) is 0 Å². The van der Waals surface area contributed by atoms with Gasteiger partial charge in [-0.3, -0.25) is 4.98 Å². The third kappa shape index (κ3) is 2.20. The molecule has 1 aromatic heterocycles. The lowest BCUT2D eigenvalue weighted by molar-refractivity contribution is 0.329. The van der Waals surface area contributed by atoms with E-state index in [9.17, 15) is 0 Å². The molecule has 4 rings (SSSR count). The first-order valence-corrected chi connectivity index (χ1v) is 8.22. The van der Waals surface area contributed by atoms with Crippen molar-refractivity contribution in [1.82, 2.24) is 9.88 Å². The van der Waals surface area contributed by atoms with Crippen molar-refractivity contribution in [2.24, 2.45) is 0 Å². The van der Waals surface area contributed by atoms with E-state index in [2.05, 4.69) is 48.0 Å². The number of hydrogen-bond acceptors (Lipinski definition) is 3. The molecule has 3 heteroatoms. The fraction of sp³-hybridized carbons (Fsp3) is 0.421. The van der Waals surface area contributed by atoms with Gasteiger partial charge in [-0.05, 0) is 49.2 Å². The lowest BCUT2D eigenvalue weighted by atomic mass is 9.86. The predicted molar refractivity (Wildman–Crippen MR) is 87.7 cm³/mol. The van der Waals surface area contributed by atoms with E-state index < -0.39 is 0 Å². The first kappa shape index (κ1) is 13.8. The maximum Gasteiger partial charge on any atom is 0.149 e. The van der Waals surface area contributed by atoms with Crippen LogP contribution in [0.2, 0.25) is 0 Å². The summed E-state index contributed by atoms with van der Waals surface area (Å²) in [5, 5.41) is 0. The molecule has 1 fully saturated rings. The lowest BCUT2D eigenvalue weighted by Crippen LogP contribution is -2.21. The summed E-state index contributed by atoms with van der Waals surface area (Å²) in [6, 6.07) is 10.6. The van der Waals surface area contributed by atoms with Crippen LogP contribution in [-0.2, 0) is 0 Å². The Morgan fingerprint density at radius 3 is 2.91 bits per heavy atom. The number of likely N-dealkylation sites (tertiary alicyclic amines) is 1. The van der Waals surface area contributed by atoms with Gasteiger partial charge in [-0.25, -0.2) is 0 Å². The molecule has 0 spiro atoms. The van der Waals surface area contributed by atoms with Crippen molar-refractivity contribution in [3.8, 4) is 11.5 Å². The highest BCUT2D eigenvalue weighted by Crippen LogP contribution is 2.48. The molecule has 0 unspecified atom stereocenters. The van der Waals surface area contributed by atoms with Crippen molar-refractivity contribution in [3.05, 3.63) is 53.3 Å². The fourth-order valence-corrected chi connectivity index (χ4v) is 3.90. The molecule has 3 nitrogen and oxygen atoms in total. The highest BCUT2D eigenvalue weighted by molar-refractivity contribution is 5.49. The van der Waals surface area contributed by atoms with E-state index in [4.69, 9.17) is 4.74 Å². The fourth-order valence-electron chi connectivity index (χ4n) is 3.90. The molecule has 2 atom stereocenters. The Labute approximate surface area is 131 Å². The zero-order valence-corrected chi connectivity index (χ0v) is 13.2. The molecule has 3 heterocycles. The predicted octanol–water partition coefficient (Wildman–Crippen LogP) is 4.09. The van der Waals surface area contributed by atoms with Gasteiger partial charge in [-0.1, -0.05) is 19.1 Å². The average molecular weight is 294 g/mol. The molecule has 1 saturated heterocycles. The summed E-state index contributed by atoms with van der Waals surface area (Å²) in [5.74, 6) is 2.87. The second-order valence-corrected chi connectivity index (χ2v) is 6.50. The minimum Gasteiger partial charge on any atom is -0.455 e. The van der Waals surface area contributed by atoms with E-state index in [1.807, 2.05) is 12.3 Å². The van der Waals surface area contributed by atoms with Gasteiger partial charge in [0.1, 0.15) is 11.5 Å². The highest BCUT2D eigenvalue weighted by Gasteiger charge is 2.40. The SMILES string of the molecule is CCCN1C[C@@H]2c3ncccc3Oc3cc(C)ccc3[C@@H]2C1. The van der Waals surface area contributed by atoms with Crippen LogP contribution in [0.4, 0.5) is 0 Å². The van der Waals surface area contributed by atoms with Crippen LogP contribution in [-0.4, -0.2) is 29.5 Å². The zero-order valence-electron chi connectivity index (χ0n) is 13.2. The molecular formula is C19H22N2O. The van der Waals surface area contributed by atoms with Gasteiger partial charge in [0.15, 0.2) is 0 Å². The number of rotatable bonds is 2. The molecule has 0 bridgehead atoms. The Morgan fingerprint density at radius 2 is 2.05 bits per heavy atom. The highest BCUT2D eigenvalue weighted by atomic mass is 16.5. The standard InChI is InChI=1S/C19H22N2O/c1-3-9-21-11-15-14-7-6-13(2)10-18(14)22-17-5-4-8-20-19(17)16(15)12-21/h4-8,10,15-16H,3,9,11-12H2,1-2H3/t15-,16-/m0/s1. The molecule has 2 aliphatic rings.